The Bertz CT molecular complexity index is 635. The van der Waals surface area contributed by atoms with E-state index >= 15 is 0 Å². The number of hydrogen-bond donors (Lipinski definition) is 0. The molecule has 0 atom stereocenters. The predicted molar refractivity (Wildman–Crippen MR) is 122 cm³/mol. The first-order valence-electron chi connectivity index (χ1n) is 11.6. The predicted octanol–water partition coefficient (Wildman–Crippen LogP) is 2.05. The molecule has 2 saturated heterocycles. The number of amides is 1. The van der Waals surface area contributed by atoms with Crippen molar-refractivity contribution in [1.29, 1.82) is 0 Å². The smallest absolute Gasteiger partial charge is 0.236 e. The molecule has 30 heavy (non-hydrogen) atoms. The van der Waals surface area contributed by atoms with Crippen LogP contribution in [-0.4, -0.2) is 105 Å². The van der Waals surface area contributed by atoms with Crippen LogP contribution in [0.1, 0.15) is 25.3 Å². The quantitative estimate of drug-likeness (QED) is 0.616. The van der Waals surface area contributed by atoms with Crippen LogP contribution in [0.3, 0.4) is 0 Å². The highest BCUT2D eigenvalue weighted by molar-refractivity contribution is 5.78. The van der Waals surface area contributed by atoms with E-state index in [2.05, 4.69) is 45.7 Å². The number of carbonyl (C=O) groups is 1. The molecule has 0 unspecified atom stereocenters. The first-order valence-corrected chi connectivity index (χ1v) is 11.6. The van der Waals surface area contributed by atoms with E-state index in [9.17, 15) is 4.79 Å². The Morgan fingerprint density at radius 3 is 2.27 bits per heavy atom. The molecular weight excluding hydrogens is 376 g/mol. The number of carbonyl (C=O) groups excluding carboxylic acids is 1. The minimum absolute atomic E-state index is 0.299. The Hall–Kier alpha value is -1.63. The molecule has 3 rings (SSSR count). The summed E-state index contributed by atoms with van der Waals surface area (Å²) in [5.74, 6) is 1.80. The third-order valence-corrected chi connectivity index (χ3v) is 6.77. The molecule has 0 saturated carbocycles. The summed E-state index contributed by atoms with van der Waals surface area (Å²) in [6.07, 6.45) is 3.28. The van der Waals surface area contributed by atoms with Crippen LogP contribution in [0.5, 0.6) is 5.75 Å². The molecule has 0 aromatic heterocycles. The molecule has 6 nitrogen and oxygen atoms in total. The number of piperazine rings is 1. The van der Waals surface area contributed by atoms with E-state index < -0.39 is 0 Å². The summed E-state index contributed by atoms with van der Waals surface area (Å²) in [5, 5.41) is 0. The van der Waals surface area contributed by atoms with Gasteiger partial charge in [0.15, 0.2) is 0 Å². The number of hydrogen-bond acceptors (Lipinski definition) is 5. The zero-order valence-electron chi connectivity index (χ0n) is 19.2. The van der Waals surface area contributed by atoms with Gasteiger partial charge in [-0.25, -0.2) is 0 Å². The second-order valence-electron chi connectivity index (χ2n) is 8.89. The fourth-order valence-corrected chi connectivity index (χ4v) is 4.49. The number of likely N-dealkylation sites (tertiary alicyclic amines) is 1. The zero-order chi connectivity index (χ0) is 21.3. The van der Waals surface area contributed by atoms with Crippen LogP contribution in [-0.2, 0) is 11.2 Å². The summed E-state index contributed by atoms with van der Waals surface area (Å²) >= 11 is 0. The molecule has 2 fully saturated rings. The maximum absolute atomic E-state index is 13.3. The molecule has 2 aliphatic heterocycles. The van der Waals surface area contributed by atoms with Gasteiger partial charge in [0, 0.05) is 39.3 Å². The fraction of sp³-hybridized carbons (Fsp3) is 0.708. The van der Waals surface area contributed by atoms with Gasteiger partial charge < -0.3 is 19.4 Å². The van der Waals surface area contributed by atoms with Gasteiger partial charge in [-0.1, -0.05) is 19.1 Å². The summed E-state index contributed by atoms with van der Waals surface area (Å²) in [7, 11) is 3.89. The Morgan fingerprint density at radius 1 is 1.03 bits per heavy atom. The maximum atomic E-state index is 13.3. The normalized spacial score (nSPS) is 19.7. The van der Waals surface area contributed by atoms with Crippen molar-refractivity contribution < 1.29 is 9.53 Å². The zero-order valence-corrected chi connectivity index (χ0v) is 19.2. The number of methoxy groups -OCH3 is 1. The average Bonchev–Trinajstić information content (AvgIpc) is 2.78. The van der Waals surface area contributed by atoms with Crippen LogP contribution < -0.4 is 4.74 Å². The van der Waals surface area contributed by atoms with E-state index in [1.807, 2.05) is 12.1 Å². The van der Waals surface area contributed by atoms with E-state index in [1.54, 1.807) is 7.11 Å². The molecule has 6 heteroatoms. The molecule has 2 aliphatic rings. The molecule has 1 aromatic rings. The summed E-state index contributed by atoms with van der Waals surface area (Å²) in [5.41, 5.74) is 1.26. The highest BCUT2D eigenvalue weighted by Crippen LogP contribution is 2.19. The molecule has 0 aliphatic carbocycles. The lowest BCUT2D eigenvalue weighted by molar-refractivity contribution is -0.133. The van der Waals surface area contributed by atoms with Gasteiger partial charge in [-0.2, -0.15) is 0 Å². The highest BCUT2D eigenvalue weighted by Gasteiger charge is 2.25. The number of ether oxygens (including phenoxy) is 1. The molecule has 0 bridgehead atoms. The van der Waals surface area contributed by atoms with Crippen molar-refractivity contribution >= 4 is 5.91 Å². The summed E-state index contributed by atoms with van der Waals surface area (Å²) in [6, 6.07) is 8.24. The topological polar surface area (TPSA) is 39.3 Å². The van der Waals surface area contributed by atoms with Crippen LogP contribution in [0.25, 0.3) is 0 Å². The van der Waals surface area contributed by atoms with Crippen LogP contribution in [0.15, 0.2) is 24.3 Å². The van der Waals surface area contributed by atoms with E-state index in [1.165, 1.54) is 18.4 Å². The van der Waals surface area contributed by atoms with Crippen LogP contribution in [0.2, 0.25) is 0 Å². The third kappa shape index (κ3) is 6.96. The summed E-state index contributed by atoms with van der Waals surface area (Å²) in [4.78, 5) is 22.6. The molecule has 2 heterocycles. The molecule has 1 aromatic carbocycles. The van der Waals surface area contributed by atoms with Crippen molar-refractivity contribution in [2.75, 3.05) is 79.6 Å². The van der Waals surface area contributed by atoms with E-state index in [4.69, 9.17) is 4.74 Å². The van der Waals surface area contributed by atoms with Crippen molar-refractivity contribution in [3.63, 3.8) is 0 Å². The molecule has 168 valence electrons. The number of rotatable bonds is 9. The third-order valence-electron chi connectivity index (χ3n) is 6.77. The van der Waals surface area contributed by atoms with E-state index in [0.29, 0.717) is 18.4 Å². The standard InChI is InChI=1S/C24H40N4O2/c1-4-26-15-17-27(18-16-26)20-24(29)28(19-22-9-12-25(2)13-10-22)14-11-21-5-7-23(30-3)8-6-21/h5-8,22H,4,9-20H2,1-3H3. The van der Waals surface area contributed by atoms with Gasteiger partial charge in [0.2, 0.25) is 5.91 Å². The first kappa shape index (κ1) is 23.0. The van der Waals surface area contributed by atoms with Crippen molar-refractivity contribution in [3.05, 3.63) is 29.8 Å². The number of likely N-dealkylation sites (N-methyl/N-ethyl adjacent to an activating group) is 1. The SMILES string of the molecule is CCN1CCN(CC(=O)N(CCc2ccc(OC)cc2)CC2CCN(C)CC2)CC1. The van der Waals surface area contributed by atoms with Gasteiger partial charge in [0.1, 0.15) is 5.75 Å². The van der Waals surface area contributed by atoms with E-state index in [-0.39, 0.29) is 0 Å². The minimum atomic E-state index is 0.299. The molecule has 0 radical (unpaired) electrons. The monoisotopic (exact) mass is 416 g/mol. The Balaban J connectivity index is 1.56. The fourth-order valence-electron chi connectivity index (χ4n) is 4.49. The van der Waals surface area contributed by atoms with Crippen molar-refractivity contribution in [3.8, 4) is 5.75 Å². The van der Waals surface area contributed by atoms with Crippen LogP contribution in [0, 0.1) is 5.92 Å². The second kappa shape index (κ2) is 11.7. The van der Waals surface area contributed by atoms with Gasteiger partial charge in [-0.3, -0.25) is 9.69 Å². The Kier molecular flexibility index (Phi) is 8.97. The maximum Gasteiger partial charge on any atom is 0.236 e. The Labute approximate surface area is 182 Å². The number of nitrogens with zero attached hydrogens (tertiary/aromatic N) is 4. The number of benzene rings is 1. The van der Waals surface area contributed by atoms with Crippen molar-refractivity contribution in [2.24, 2.45) is 5.92 Å². The Morgan fingerprint density at radius 2 is 1.67 bits per heavy atom. The van der Waals surface area contributed by atoms with Gasteiger partial charge in [0.25, 0.3) is 0 Å². The van der Waals surface area contributed by atoms with Crippen molar-refractivity contribution in [1.82, 2.24) is 19.6 Å². The second-order valence-corrected chi connectivity index (χ2v) is 8.89. The minimum Gasteiger partial charge on any atom is -0.497 e. The summed E-state index contributed by atoms with van der Waals surface area (Å²) in [6.45, 7) is 12.0. The van der Waals surface area contributed by atoms with Crippen LogP contribution in [0.4, 0.5) is 0 Å². The lowest BCUT2D eigenvalue weighted by atomic mass is 9.96. The molecule has 0 spiro atoms. The summed E-state index contributed by atoms with van der Waals surface area (Å²) < 4.78 is 5.26. The lowest BCUT2D eigenvalue weighted by Crippen LogP contribution is -2.51. The van der Waals surface area contributed by atoms with Gasteiger partial charge in [-0.05, 0) is 69.6 Å². The van der Waals surface area contributed by atoms with Gasteiger partial charge in [0.05, 0.1) is 13.7 Å². The molecule has 0 N–H and O–H groups in total. The largest absolute Gasteiger partial charge is 0.497 e. The van der Waals surface area contributed by atoms with Crippen molar-refractivity contribution in [2.45, 2.75) is 26.2 Å². The average molecular weight is 417 g/mol. The lowest BCUT2D eigenvalue weighted by Gasteiger charge is -2.36. The number of piperidine rings is 1. The van der Waals surface area contributed by atoms with Gasteiger partial charge >= 0.3 is 0 Å². The molecule has 1 amide bonds. The first-order chi connectivity index (χ1) is 14.6. The molecular formula is C24H40N4O2. The van der Waals surface area contributed by atoms with Gasteiger partial charge in [-0.15, -0.1) is 0 Å². The van der Waals surface area contributed by atoms with E-state index in [0.717, 1.165) is 71.1 Å². The van der Waals surface area contributed by atoms with Crippen LogP contribution >= 0.6 is 0 Å². The highest BCUT2D eigenvalue weighted by atomic mass is 16.5.